The number of thiophene rings is 1. The number of hydrogen-bond acceptors (Lipinski definition) is 5. The summed E-state index contributed by atoms with van der Waals surface area (Å²) in [6.07, 6.45) is -0.810. The molecule has 0 bridgehead atoms. The monoisotopic (exact) mass is 458 g/mol. The maximum Gasteiger partial charge on any atom is 0.433 e. The summed E-state index contributed by atoms with van der Waals surface area (Å²) in [6.45, 7) is 7.91. The molecule has 0 radical (unpaired) electrons. The molecule has 2 aliphatic heterocycles. The first-order chi connectivity index (χ1) is 14.4. The number of piperazine rings is 1. The van der Waals surface area contributed by atoms with Crippen LogP contribution in [0.5, 0.6) is 0 Å². The molecule has 4 nitrogen and oxygen atoms in total. The van der Waals surface area contributed by atoms with Gasteiger partial charge in [0.25, 0.3) is 0 Å². The molecule has 0 amide bonds. The minimum atomic E-state index is -4.38. The number of halogens is 4. The van der Waals surface area contributed by atoms with Gasteiger partial charge in [0.1, 0.15) is 5.69 Å². The van der Waals surface area contributed by atoms with Gasteiger partial charge >= 0.3 is 6.18 Å². The van der Waals surface area contributed by atoms with Crippen molar-refractivity contribution in [1.29, 1.82) is 0 Å². The Morgan fingerprint density at radius 2 is 1.63 bits per heavy atom. The number of alkyl halides is 3. The second-order valence-electron chi connectivity index (χ2n) is 8.07. The standard InChI is InChI=1S/C21H26ClF3N4S/c22-20-4-2-18(30-20)15-28-9-11-29(12-10-28)17-5-7-27(8-6-17)14-16-1-3-19(26-13-16)21(23,24)25/h1-4,13,17H,5-12,14-15H2. The highest BCUT2D eigenvalue weighted by Crippen LogP contribution is 2.28. The number of hydrogen-bond donors (Lipinski definition) is 0. The smallest absolute Gasteiger partial charge is 0.299 e. The van der Waals surface area contributed by atoms with E-state index in [0.29, 0.717) is 12.6 Å². The van der Waals surface area contributed by atoms with Crippen molar-refractivity contribution in [2.24, 2.45) is 0 Å². The molecule has 164 valence electrons. The van der Waals surface area contributed by atoms with E-state index in [4.69, 9.17) is 11.6 Å². The quantitative estimate of drug-likeness (QED) is 0.653. The van der Waals surface area contributed by atoms with Crippen molar-refractivity contribution in [3.05, 3.63) is 50.9 Å². The largest absolute Gasteiger partial charge is 0.433 e. The molecule has 0 saturated carbocycles. The van der Waals surface area contributed by atoms with Gasteiger partial charge in [-0.15, -0.1) is 11.3 Å². The van der Waals surface area contributed by atoms with E-state index in [0.717, 1.165) is 74.6 Å². The molecule has 2 fully saturated rings. The highest BCUT2D eigenvalue weighted by atomic mass is 35.5. The molecule has 2 aromatic heterocycles. The van der Waals surface area contributed by atoms with Crippen molar-refractivity contribution in [1.82, 2.24) is 19.7 Å². The summed E-state index contributed by atoms with van der Waals surface area (Å²) in [5.41, 5.74) is 0.00928. The van der Waals surface area contributed by atoms with Crippen LogP contribution in [-0.2, 0) is 19.3 Å². The van der Waals surface area contributed by atoms with Crippen molar-refractivity contribution in [2.45, 2.75) is 38.1 Å². The fourth-order valence-corrected chi connectivity index (χ4v) is 5.46. The molecule has 0 N–H and O–H groups in total. The van der Waals surface area contributed by atoms with Crippen LogP contribution in [0.4, 0.5) is 13.2 Å². The van der Waals surface area contributed by atoms with Crippen molar-refractivity contribution >= 4 is 22.9 Å². The highest BCUT2D eigenvalue weighted by Gasteiger charge is 2.32. The number of pyridine rings is 1. The average Bonchev–Trinajstić information content (AvgIpc) is 3.14. The van der Waals surface area contributed by atoms with E-state index >= 15 is 0 Å². The summed E-state index contributed by atoms with van der Waals surface area (Å²) in [6, 6.07) is 7.30. The summed E-state index contributed by atoms with van der Waals surface area (Å²) < 4.78 is 38.8. The summed E-state index contributed by atoms with van der Waals surface area (Å²) in [4.78, 5) is 12.3. The number of piperidine rings is 1. The predicted molar refractivity (Wildman–Crippen MR) is 114 cm³/mol. The Hall–Kier alpha value is -1.19. The van der Waals surface area contributed by atoms with Crippen LogP contribution in [0.25, 0.3) is 0 Å². The molecular formula is C21H26ClF3N4S. The fourth-order valence-electron chi connectivity index (χ4n) is 4.33. The fraction of sp³-hybridized carbons (Fsp3) is 0.571. The van der Waals surface area contributed by atoms with E-state index in [1.54, 1.807) is 17.4 Å². The van der Waals surface area contributed by atoms with Gasteiger partial charge in [-0.25, -0.2) is 0 Å². The van der Waals surface area contributed by atoms with Crippen LogP contribution in [0.2, 0.25) is 4.34 Å². The van der Waals surface area contributed by atoms with E-state index < -0.39 is 11.9 Å². The molecule has 4 rings (SSSR count). The first-order valence-corrected chi connectivity index (χ1v) is 11.5. The van der Waals surface area contributed by atoms with Gasteiger partial charge < -0.3 is 0 Å². The lowest BCUT2D eigenvalue weighted by Gasteiger charge is -2.42. The van der Waals surface area contributed by atoms with Gasteiger partial charge in [0.05, 0.1) is 4.34 Å². The zero-order valence-electron chi connectivity index (χ0n) is 16.7. The molecule has 0 unspecified atom stereocenters. The molecule has 0 spiro atoms. The maximum absolute atomic E-state index is 12.6. The molecule has 2 saturated heterocycles. The third kappa shape index (κ3) is 5.73. The molecule has 4 heterocycles. The molecule has 0 aromatic carbocycles. The van der Waals surface area contributed by atoms with Gasteiger partial charge in [-0.1, -0.05) is 17.7 Å². The first-order valence-electron chi connectivity index (χ1n) is 10.3. The average molecular weight is 459 g/mol. The van der Waals surface area contributed by atoms with Crippen LogP contribution in [-0.4, -0.2) is 65.0 Å². The number of rotatable bonds is 5. The molecule has 9 heteroatoms. The van der Waals surface area contributed by atoms with E-state index in [9.17, 15) is 13.2 Å². The van der Waals surface area contributed by atoms with Crippen molar-refractivity contribution in [3.63, 3.8) is 0 Å². The zero-order valence-corrected chi connectivity index (χ0v) is 18.3. The molecule has 0 aliphatic carbocycles. The zero-order chi connectivity index (χ0) is 21.1. The van der Waals surface area contributed by atoms with Gasteiger partial charge in [0.15, 0.2) is 0 Å². The Bertz CT molecular complexity index is 810. The van der Waals surface area contributed by atoms with Crippen LogP contribution in [0.1, 0.15) is 29.0 Å². The molecule has 2 aliphatic rings. The molecular weight excluding hydrogens is 433 g/mol. The minimum Gasteiger partial charge on any atom is -0.299 e. The van der Waals surface area contributed by atoms with Crippen LogP contribution in [0, 0.1) is 0 Å². The summed E-state index contributed by atoms with van der Waals surface area (Å²) in [5.74, 6) is 0. The summed E-state index contributed by atoms with van der Waals surface area (Å²) in [5, 5.41) is 0. The second kappa shape index (κ2) is 9.53. The number of aromatic nitrogens is 1. The van der Waals surface area contributed by atoms with Gasteiger partial charge in [0.2, 0.25) is 0 Å². The lowest BCUT2D eigenvalue weighted by atomic mass is 10.0. The minimum absolute atomic E-state index is 0.602. The predicted octanol–water partition coefficient (Wildman–Crippen LogP) is 4.60. The molecule has 30 heavy (non-hydrogen) atoms. The van der Waals surface area contributed by atoms with Gasteiger partial charge in [-0.2, -0.15) is 13.2 Å². The lowest BCUT2D eigenvalue weighted by molar-refractivity contribution is -0.141. The Morgan fingerprint density at radius 3 is 2.20 bits per heavy atom. The Labute approximate surface area is 184 Å². The number of likely N-dealkylation sites (tertiary alicyclic amines) is 1. The van der Waals surface area contributed by atoms with Crippen molar-refractivity contribution in [3.8, 4) is 0 Å². The summed E-state index contributed by atoms with van der Waals surface area (Å²) in [7, 11) is 0. The molecule has 2 aromatic rings. The second-order valence-corrected chi connectivity index (χ2v) is 9.87. The normalized spacial score (nSPS) is 20.7. The third-order valence-corrected chi connectivity index (χ3v) is 7.23. The van der Waals surface area contributed by atoms with Crippen molar-refractivity contribution in [2.75, 3.05) is 39.3 Å². The lowest BCUT2D eigenvalue weighted by Crippen LogP contribution is -2.52. The molecule has 0 atom stereocenters. The SMILES string of the molecule is FC(F)(F)c1ccc(CN2CCC(N3CCN(Cc4ccc(Cl)s4)CC3)CC2)cn1. The number of nitrogens with zero attached hydrogens (tertiary/aromatic N) is 4. The Balaban J connectivity index is 1.19. The van der Waals surface area contributed by atoms with Gasteiger partial charge in [-0.05, 0) is 49.7 Å². The Kier molecular flexibility index (Phi) is 6.99. The van der Waals surface area contributed by atoms with Gasteiger partial charge in [-0.3, -0.25) is 19.7 Å². The van der Waals surface area contributed by atoms with E-state index in [2.05, 4.69) is 25.8 Å². The third-order valence-electron chi connectivity index (χ3n) is 6.01. The maximum atomic E-state index is 12.6. The van der Waals surface area contributed by atoms with Crippen LogP contribution in [0.15, 0.2) is 30.5 Å². The first kappa shape index (κ1) is 22.0. The van der Waals surface area contributed by atoms with Crippen LogP contribution in [0.3, 0.4) is 0 Å². The van der Waals surface area contributed by atoms with Gasteiger partial charge in [0, 0.05) is 56.4 Å². The topological polar surface area (TPSA) is 22.6 Å². The van der Waals surface area contributed by atoms with Crippen molar-refractivity contribution < 1.29 is 13.2 Å². The van der Waals surface area contributed by atoms with Crippen LogP contribution < -0.4 is 0 Å². The summed E-state index contributed by atoms with van der Waals surface area (Å²) >= 11 is 7.69. The highest BCUT2D eigenvalue weighted by molar-refractivity contribution is 7.16. The Morgan fingerprint density at radius 1 is 0.933 bits per heavy atom. The van der Waals surface area contributed by atoms with E-state index in [1.165, 1.54) is 11.1 Å². The van der Waals surface area contributed by atoms with E-state index in [1.807, 2.05) is 6.07 Å². The van der Waals surface area contributed by atoms with E-state index in [-0.39, 0.29) is 0 Å². The van der Waals surface area contributed by atoms with Crippen LogP contribution >= 0.6 is 22.9 Å².